The highest BCUT2D eigenvalue weighted by molar-refractivity contribution is 7.07. The molecular formula is C27H28ClN3O3S. The van der Waals surface area contributed by atoms with Crippen molar-refractivity contribution in [3.63, 3.8) is 0 Å². The van der Waals surface area contributed by atoms with Crippen molar-refractivity contribution >= 4 is 40.7 Å². The summed E-state index contributed by atoms with van der Waals surface area (Å²) in [5, 5.41) is 0.577. The number of hydrogen-bond acceptors (Lipinski definition) is 6. The fourth-order valence-corrected chi connectivity index (χ4v) is 5.45. The number of rotatable bonds is 7. The number of fused-ring (bicyclic) bond motifs is 1. The Morgan fingerprint density at radius 1 is 1.11 bits per heavy atom. The van der Waals surface area contributed by atoms with Gasteiger partial charge in [-0.1, -0.05) is 47.2 Å². The molecule has 2 aromatic carbocycles. The van der Waals surface area contributed by atoms with E-state index in [4.69, 9.17) is 16.3 Å². The summed E-state index contributed by atoms with van der Waals surface area (Å²) >= 11 is 7.42. The van der Waals surface area contributed by atoms with Gasteiger partial charge in [-0.05, 0) is 69.2 Å². The maximum absolute atomic E-state index is 13.6. The van der Waals surface area contributed by atoms with E-state index >= 15 is 0 Å². The second kappa shape index (κ2) is 10.6. The van der Waals surface area contributed by atoms with E-state index < -0.39 is 12.0 Å². The molecule has 8 heteroatoms. The number of anilines is 1. The van der Waals surface area contributed by atoms with E-state index in [0.717, 1.165) is 29.9 Å². The second-order valence-corrected chi connectivity index (χ2v) is 9.56. The molecule has 0 saturated heterocycles. The molecule has 182 valence electrons. The molecule has 3 aromatic rings. The molecule has 0 radical (unpaired) electrons. The first-order valence-corrected chi connectivity index (χ1v) is 12.9. The summed E-state index contributed by atoms with van der Waals surface area (Å²) in [5.74, 6) is -0.477. The van der Waals surface area contributed by atoms with Gasteiger partial charge in [-0.2, -0.15) is 0 Å². The number of hydrogen-bond donors (Lipinski definition) is 0. The lowest BCUT2D eigenvalue weighted by Gasteiger charge is -2.24. The van der Waals surface area contributed by atoms with Crippen LogP contribution >= 0.6 is 22.9 Å². The number of thiazole rings is 1. The van der Waals surface area contributed by atoms with Gasteiger partial charge in [0.1, 0.15) is 0 Å². The van der Waals surface area contributed by atoms with E-state index in [2.05, 4.69) is 35.9 Å². The first-order valence-electron chi connectivity index (χ1n) is 11.7. The van der Waals surface area contributed by atoms with Gasteiger partial charge in [0.05, 0.1) is 28.5 Å². The molecule has 0 spiro atoms. The third kappa shape index (κ3) is 4.97. The molecule has 0 saturated carbocycles. The summed E-state index contributed by atoms with van der Waals surface area (Å²) in [7, 11) is 0. The molecule has 6 nitrogen and oxygen atoms in total. The summed E-state index contributed by atoms with van der Waals surface area (Å²) in [6.45, 7) is 9.88. The Hall–Kier alpha value is -3.16. The lowest BCUT2D eigenvalue weighted by molar-refractivity contribution is -0.139. The van der Waals surface area contributed by atoms with Gasteiger partial charge >= 0.3 is 5.97 Å². The third-order valence-electron chi connectivity index (χ3n) is 6.02. The average molecular weight is 510 g/mol. The Morgan fingerprint density at radius 3 is 2.37 bits per heavy atom. The first kappa shape index (κ1) is 24.9. The molecule has 0 N–H and O–H groups in total. The standard InChI is InChI=1S/C27H28ClN3O3S/c1-5-30(6-2)21-14-8-18(9-15-21)16-22-25(32)31-24(19-10-12-20(28)13-11-19)23(26(33)34-7-3)17(4)29-27(31)35-22/h8-16,24H,5-7H2,1-4H3. The van der Waals surface area contributed by atoms with E-state index in [1.54, 1.807) is 30.5 Å². The number of halogens is 1. The number of benzene rings is 2. The molecule has 1 aliphatic rings. The van der Waals surface area contributed by atoms with Crippen molar-refractivity contribution in [2.45, 2.75) is 33.7 Å². The van der Waals surface area contributed by atoms with Gasteiger partial charge in [-0.25, -0.2) is 9.79 Å². The summed E-state index contributed by atoms with van der Waals surface area (Å²) < 4.78 is 7.47. The fourth-order valence-electron chi connectivity index (χ4n) is 4.27. The number of nitrogens with zero attached hydrogens (tertiary/aromatic N) is 3. The lowest BCUT2D eigenvalue weighted by atomic mass is 9.96. The van der Waals surface area contributed by atoms with Crippen LogP contribution in [0.1, 0.15) is 44.9 Å². The molecule has 0 amide bonds. The minimum absolute atomic E-state index is 0.198. The smallest absolute Gasteiger partial charge is 0.338 e. The number of ether oxygens (including phenoxy) is 1. The molecule has 1 aromatic heterocycles. The molecular weight excluding hydrogens is 482 g/mol. The number of carbonyl (C=O) groups excluding carboxylic acids is 1. The summed E-state index contributed by atoms with van der Waals surface area (Å²) in [5.41, 5.74) is 3.54. The van der Waals surface area contributed by atoms with Crippen molar-refractivity contribution in [2.24, 2.45) is 4.99 Å². The molecule has 0 bridgehead atoms. The van der Waals surface area contributed by atoms with E-state index in [1.165, 1.54) is 11.3 Å². The van der Waals surface area contributed by atoms with Crippen LogP contribution in [0.15, 0.2) is 69.6 Å². The van der Waals surface area contributed by atoms with E-state index in [9.17, 15) is 9.59 Å². The zero-order valence-electron chi connectivity index (χ0n) is 20.2. The maximum atomic E-state index is 13.6. The van der Waals surface area contributed by atoms with Crippen molar-refractivity contribution in [1.29, 1.82) is 0 Å². The van der Waals surface area contributed by atoms with Crippen LogP contribution in [0.3, 0.4) is 0 Å². The first-order chi connectivity index (χ1) is 16.9. The minimum Gasteiger partial charge on any atom is -0.463 e. The van der Waals surface area contributed by atoms with Crippen LogP contribution in [0, 0.1) is 0 Å². The zero-order chi connectivity index (χ0) is 25.1. The summed E-state index contributed by atoms with van der Waals surface area (Å²) in [6.07, 6.45) is 1.87. The predicted molar refractivity (Wildman–Crippen MR) is 142 cm³/mol. The maximum Gasteiger partial charge on any atom is 0.338 e. The third-order valence-corrected chi connectivity index (χ3v) is 7.26. The molecule has 0 aliphatic carbocycles. The Labute approximate surface area is 213 Å². The van der Waals surface area contributed by atoms with Crippen molar-refractivity contribution in [3.05, 3.63) is 95.6 Å². The Kier molecular flexibility index (Phi) is 7.57. The Balaban J connectivity index is 1.85. The van der Waals surface area contributed by atoms with Gasteiger partial charge in [-0.3, -0.25) is 9.36 Å². The molecule has 2 heterocycles. The van der Waals surface area contributed by atoms with Crippen LogP contribution in [0.2, 0.25) is 5.02 Å². The highest BCUT2D eigenvalue weighted by Gasteiger charge is 2.33. The molecule has 1 atom stereocenters. The Bertz CT molecular complexity index is 1430. The largest absolute Gasteiger partial charge is 0.463 e. The van der Waals surface area contributed by atoms with Crippen LogP contribution < -0.4 is 19.8 Å². The van der Waals surface area contributed by atoms with Crippen LogP contribution in [0.4, 0.5) is 5.69 Å². The summed E-state index contributed by atoms with van der Waals surface area (Å²) in [6, 6.07) is 14.7. The van der Waals surface area contributed by atoms with Crippen molar-refractivity contribution in [2.75, 3.05) is 24.6 Å². The molecule has 1 aliphatic heterocycles. The van der Waals surface area contributed by atoms with Gasteiger partial charge in [-0.15, -0.1) is 0 Å². The van der Waals surface area contributed by atoms with Crippen molar-refractivity contribution < 1.29 is 9.53 Å². The quantitative estimate of drug-likeness (QED) is 0.445. The molecule has 1 unspecified atom stereocenters. The fraction of sp³-hybridized carbons (Fsp3) is 0.296. The van der Waals surface area contributed by atoms with Gasteiger partial charge < -0.3 is 9.64 Å². The molecule has 4 rings (SSSR count). The lowest BCUT2D eigenvalue weighted by Crippen LogP contribution is -2.39. The topological polar surface area (TPSA) is 63.9 Å². The van der Waals surface area contributed by atoms with Crippen molar-refractivity contribution in [3.8, 4) is 0 Å². The van der Waals surface area contributed by atoms with E-state index in [0.29, 0.717) is 25.6 Å². The van der Waals surface area contributed by atoms with Crippen LogP contribution in [0.25, 0.3) is 6.08 Å². The average Bonchev–Trinajstić information content (AvgIpc) is 3.15. The van der Waals surface area contributed by atoms with Crippen LogP contribution in [-0.4, -0.2) is 30.2 Å². The van der Waals surface area contributed by atoms with Crippen LogP contribution in [0.5, 0.6) is 0 Å². The molecule has 0 fully saturated rings. The zero-order valence-corrected chi connectivity index (χ0v) is 21.8. The SMILES string of the molecule is CCOC(=O)C1=C(C)N=c2sc(=Cc3ccc(N(CC)CC)cc3)c(=O)n2C1c1ccc(Cl)cc1. The van der Waals surface area contributed by atoms with Gasteiger partial charge in [0.25, 0.3) is 5.56 Å². The number of esters is 1. The van der Waals surface area contributed by atoms with Crippen LogP contribution in [-0.2, 0) is 9.53 Å². The highest BCUT2D eigenvalue weighted by Crippen LogP contribution is 2.31. The predicted octanol–water partition coefficient (Wildman–Crippen LogP) is 4.30. The summed E-state index contributed by atoms with van der Waals surface area (Å²) in [4.78, 5) is 34.0. The number of carbonyl (C=O) groups is 1. The van der Waals surface area contributed by atoms with Gasteiger partial charge in [0, 0.05) is 23.8 Å². The second-order valence-electron chi connectivity index (χ2n) is 8.12. The van der Waals surface area contributed by atoms with E-state index in [1.807, 2.05) is 30.3 Å². The van der Waals surface area contributed by atoms with Gasteiger partial charge in [0.2, 0.25) is 0 Å². The highest BCUT2D eigenvalue weighted by atomic mass is 35.5. The minimum atomic E-state index is -0.644. The van der Waals surface area contributed by atoms with E-state index in [-0.39, 0.29) is 12.2 Å². The van der Waals surface area contributed by atoms with Crippen molar-refractivity contribution in [1.82, 2.24) is 4.57 Å². The monoisotopic (exact) mass is 509 g/mol. The Morgan fingerprint density at radius 2 is 1.77 bits per heavy atom. The number of allylic oxidation sites excluding steroid dienone is 1. The molecule has 35 heavy (non-hydrogen) atoms. The van der Waals surface area contributed by atoms with Gasteiger partial charge in [0.15, 0.2) is 4.80 Å². The normalized spacial score (nSPS) is 15.6. The number of aromatic nitrogens is 1.